The van der Waals surface area contributed by atoms with Crippen LogP contribution in [-0.2, 0) is 20.5 Å². The molecular formula is C19H23ClN2O3S. The van der Waals surface area contributed by atoms with Crippen LogP contribution in [0.1, 0.15) is 19.4 Å². The van der Waals surface area contributed by atoms with E-state index in [0.29, 0.717) is 29.5 Å². The minimum absolute atomic E-state index is 0.0938. The van der Waals surface area contributed by atoms with E-state index in [1.165, 1.54) is 0 Å². The van der Waals surface area contributed by atoms with Crippen LogP contribution in [0.3, 0.4) is 0 Å². The fourth-order valence-electron chi connectivity index (χ4n) is 3.23. The van der Waals surface area contributed by atoms with Gasteiger partial charge in [-0.3, -0.25) is 4.72 Å². The van der Waals surface area contributed by atoms with Crippen molar-refractivity contribution in [2.24, 2.45) is 0 Å². The first-order chi connectivity index (χ1) is 12.3. The summed E-state index contributed by atoms with van der Waals surface area (Å²) in [6.07, 6.45) is 0. The molecule has 1 heterocycles. The first-order valence-corrected chi connectivity index (χ1v) is 10.6. The first-order valence-electron chi connectivity index (χ1n) is 8.55. The lowest BCUT2D eigenvalue weighted by Gasteiger charge is -2.40. The van der Waals surface area contributed by atoms with Gasteiger partial charge in [-0.15, -0.1) is 0 Å². The second kappa shape index (κ2) is 7.86. The maximum Gasteiger partial charge on any atom is 0.236 e. The van der Waals surface area contributed by atoms with Gasteiger partial charge in [-0.1, -0.05) is 23.7 Å². The molecule has 2 unspecified atom stereocenters. The van der Waals surface area contributed by atoms with E-state index in [-0.39, 0.29) is 17.8 Å². The lowest BCUT2D eigenvalue weighted by molar-refractivity contribution is 0.0757. The molecule has 5 nitrogen and oxygen atoms in total. The number of hydrogen-bond acceptors (Lipinski definition) is 4. The molecule has 3 rings (SSSR count). The van der Waals surface area contributed by atoms with E-state index in [1.807, 2.05) is 12.1 Å². The summed E-state index contributed by atoms with van der Waals surface area (Å²) < 4.78 is 32.9. The Labute approximate surface area is 160 Å². The van der Waals surface area contributed by atoms with Crippen LogP contribution in [0.2, 0.25) is 5.02 Å². The van der Waals surface area contributed by atoms with Crippen LogP contribution in [0.15, 0.2) is 48.5 Å². The van der Waals surface area contributed by atoms with Gasteiger partial charge in [0.1, 0.15) is 0 Å². The van der Waals surface area contributed by atoms with Gasteiger partial charge in [-0.2, -0.15) is 0 Å². The summed E-state index contributed by atoms with van der Waals surface area (Å²) in [5.74, 6) is -0.0938. The number of hydrogen-bond donors (Lipinski definition) is 1. The number of morpholine rings is 1. The van der Waals surface area contributed by atoms with E-state index in [4.69, 9.17) is 16.3 Å². The Balaban J connectivity index is 1.69. The van der Waals surface area contributed by atoms with Crippen molar-refractivity contribution in [3.8, 4) is 0 Å². The van der Waals surface area contributed by atoms with Crippen LogP contribution in [0.25, 0.3) is 0 Å². The van der Waals surface area contributed by atoms with Gasteiger partial charge in [-0.05, 0) is 55.8 Å². The van der Waals surface area contributed by atoms with E-state index in [9.17, 15) is 8.42 Å². The third kappa shape index (κ3) is 4.69. The van der Waals surface area contributed by atoms with Gasteiger partial charge in [0.2, 0.25) is 10.0 Å². The summed E-state index contributed by atoms with van der Waals surface area (Å²) in [5.41, 5.74) is 2.31. The first kappa shape index (κ1) is 19.0. The third-order valence-corrected chi connectivity index (χ3v) is 5.89. The number of sulfonamides is 1. The average Bonchev–Trinajstić information content (AvgIpc) is 2.58. The molecule has 1 saturated heterocycles. The van der Waals surface area contributed by atoms with Gasteiger partial charge in [0, 0.05) is 28.5 Å². The molecule has 26 heavy (non-hydrogen) atoms. The van der Waals surface area contributed by atoms with Gasteiger partial charge in [0.05, 0.1) is 19.0 Å². The molecule has 2 aromatic rings. The number of nitrogens with one attached hydrogen (secondary N) is 1. The van der Waals surface area contributed by atoms with Crippen LogP contribution < -0.4 is 9.62 Å². The van der Waals surface area contributed by atoms with Crippen molar-refractivity contribution in [2.75, 3.05) is 22.8 Å². The Morgan fingerprint density at radius 3 is 2.19 bits per heavy atom. The second-order valence-corrected chi connectivity index (χ2v) is 8.84. The topological polar surface area (TPSA) is 58.6 Å². The molecule has 7 heteroatoms. The highest BCUT2D eigenvalue weighted by atomic mass is 35.5. The smallest absolute Gasteiger partial charge is 0.236 e. The number of halogens is 1. The highest BCUT2D eigenvalue weighted by molar-refractivity contribution is 7.91. The van der Waals surface area contributed by atoms with Gasteiger partial charge in [0.25, 0.3) is 0 Å². The van der Waals surface area contributed by atoms with Crippen molar-refractivity contribution >= 4 is 33.0 Å². The van der Waals surface area contributed by atoms with Crippen LogP contribution in [0, 0.1) is 0 Å². The molecule has 1 fully saturated rings. The molecule has 2 aromatic carbocycles. The van der Waals surface area contributed by atoms with E-state index < -0.39 is 10.0 Å². The van der Waals surface area contributed by atoms with E-state index in [2.05, 4.69) is 23.5 Å². The van der Waals surface area contributed by atoms with Gasteiger partial charge < -0.3 is 9.64 Å². The van der Waals surface area contributed by atoms with Gasteiger partial charge in [0.15, 0.2) is 0 Å². The maximum atomic E-state index is 12.4. The highest BCUT2D eigenvalue weighted by Crippen LogP contribution is 2.25. The second-order valence-electron chi connectivity index (χ2n) is 6.68. The normalized spacial score (nSPS) is 20.8. The molecule has 1 aliphatic heterocycles. The number of rotatable bonds is 5. The number of anilines is 2. The fraction of sp³-hybridized carbons (Fsp3) is 0.368. The lowest BCUT2D eigenvalue weighted by Crippen LogP contribution is -2.49. The SMILES string of the molecule is CC1COCC(C)N1c1ccc(NS(=O)(=O)Cc2ccc(Cl)cc2)cc1. The molecule has 0 amide bonds. The Morgan fingerprint density at radius 2 is 1.62 bits per heavy atom. The predicted molar refractivity (Wildman–Crippen MR) is 106 cm³/mol. The number of benzene rings is 2. The number of ether oxygens (including phenoxy) is 1. The number of nitrogens with zero attached hydrogens (tertiary/aromatic N) is 1. The summed E-state index contributed by atoms with van der Waals surface area (Å²) >= 11 is 5.84. The van der Waals surface area contributed by atoms with Crippen molar-refractivity contribution in [2.45, 2.75) is 31.7 Å². The van der Waals surface area contributed by atoms with E-state index >= 15 is 0 Å². The van der Waals surface area contributed by atoms with Crippen molar-refractivity contribution in [3.63, 3.8) is 0 Å². The van der Waals surface area contributed by atoms with E-state index in [1.54, 1.807) is 36.4 Å². The molecule has 0 bridgehead atoms. The lowest BCUT2D eigenvalue weighted by atomic mass is 10.1. The summed E-state index contributed by atoms with van der Waals surface area (Å²) in [7, 11) is -3.49. The molecule has 0 saturated carbocycles. The third-order valence-electron chi connectivity index (χ3n) is 4.38. The molecule has 2 atom stereocenters. The largest absolute Gasteiger partial charge is 0.377 e. The van der Waals surface area contributed by atoms with Crippen LogP contribution in [0.5, 0.6) is 0 Å². The molecule has 140 valence electrons. The van der Waals surface area contributed by atoms with Crippen LogP contribution in [0.4, 0.5) is 11.4 Å². The Bertz CT molecular complexity index is 828. The van der Waals surface area contributed by atoms with Crippen molar-refractivity contribution in [3.05, 3.63) is 59.1 Å². The predicted octanol–water partition coefficient (Wildman–Crippen LogP) is 3.90. The quantitative estimate of drug-likeness (QED) is 0.835. The fourth-order valence-corrected chi connectivity index (χ4v) is 4.56. The summed E-state index contributed by atoms with van der Waals surface area (Å²) in [4.78, 5) is 2.30. The molecule has 0 spiro atoms. The average molecular weight is 395 g/mol. The summed E-state index contributed by atoms with van der Waals surface area (Å²) in [5, 5.41) is 0.585. The Morgan fingerprint density at radius 1 is 1.04 bits per heavy atom. The summed E-state index contributed by atoms with van der Waals surface area (Å²) in [6.45, 7) is 5.64. The van der Waals surface area contributed by atoms with E-state index in [0.717, 1.165) is 5.69 Å². The van der Waals surface area contributed by atoms with Crippen molar-refractivity contribution in [1.82, 2.24) is 0 Å². The molecule has 0 aliphatic carbocycles. The Hall–Kier alpha value is -1.76. The van der Waals surface area contributed by atoms with Crippen molar-refractivity contribution in [1.29, 1.82) is 0 Å². The molecule has 1 N–H and O–H groups in total. The monoisotopic (exact) mass is 394 g/mol. The summed E-state index contributed by atoms with van der Waals surface area (Å²) in [6, 6.07) is 14.8. The Kier molecular flexibility index (Phi) is 5.75. The minimum Gasteiger partial charge on any atom is -0.377 e. The minimum atomic E-state index is -3.49. The molecule has 0 aromatic heterocycles. The zero-order valence-electron chi connectivity index (χ0n) is 14.9. The van der Waals surface area contributed by atoms with Gasteiger partial charge >= 0.3 is 0 Å². The zero-order chi connectivity index (χ0) is 18.7. The van der Waals surface area contributed by atoms with Crippen molar-refractivity contribution < 1.29 is 13.2 Å². The van der Waals surface area contributed by atoms with Crippen LogP contribution >= 0.6 is 11.6 Å². The van der Waals surface area contributed by atoms with Crippen LogP contribution in [-0.4, -0.2) is 33.7 Å². The molecular weight excluding hydrogens is 372 g/mol. The molecule has 0 radical (unpaired) electrons. The maximum absolute atomic E-state index is 12.4. The zero-order valence-corrected chi connectivity index (χ0v) is 16.4. The molecule has 1 aliphatic rings. The van der Waals surface area contributed by atoms with Gasteiger partial charge in [-0.25, -0.2) is 8.42 Å². The highest BCUT2D eigenvalue weighted by Gasteiger charge is 2.25. The standard InChI is InChI=1S/C19H23ClN2O3S/c1-14-11-25-12-15(2)22(14)19-9-7-18(8-10-19)21-26(23,24)13-16-3-5-17(20)6-4-16/h3-10,14-15,21H,11-13H2,1-2H3.